The molecule has 0 saturated carbocycles. The number of para-hydroxylation sites is 2. The van der Waals surface area contributed by atoms with Gasteiger partial charge in [-0.05, 0) is 48.0 Å². The van der Waals surface area contributed by atoms with Gasteiger partial charge in [-0.15, -0.1) is 0 Å². The fourth-order valence-corrected chi connectivity index (χ4v) is 4.12. The van der Waals surface area contributed by atoms with Crippen LogP contribution in [0.3, 0.4) is 0 Å². The number of aromatic nitrogens is 2. The third-order valence-electron chi connectivity index (χ3n) is 4.54. The number of carbonyl (C=O) groups is 1. The van der Waals surface area contributed by atoms with Crippen molar-refractivity contribution < 1.29 is 9.53 Å². The van der Waals surface area contributed by atoms with Gasteiger partial charge < -0.3 is 4.74 Å². The van der Waals surface area contributed by atoms with Crippen molar-refractivity contribution in [2.24, 2.45) is 0 Å². The molecule has 0 fully saturated rings. The summed E-state index contributed by atoms with van der Waals surface area (Å²) >= 11 is 1.36. The third-order valence-corrected chi connectivity index (χ3v) is 5.51. The molecular formula is C23H14N2O3S. The summed E-state index contributed by atoms with van der Waals surface area (Å²) in [7, 11) is 0. The van der Waals surface area contributed by atoms with Crippen LogP contribution in [0.15, 0.2) is 83.7 Å². The number of carbonyl (C=O) groups excluding carboxylic acids is 1. The molecule has 0 aliphatic rings. The normalized spacial score (nSPS) is 11.9. The van der Waals surface area contributed by atoms with Gasteiger partial charge in [0.2, 0.25) is 0 Å². The molecule has 0 spiro atoms. The van der Waals surface area contributed by atoms with E-state index >= 15 is 0 Å². The minimum atomic E-state index is -0.407. The summed E-state index contributed by atoms with van der Waals surface area (Å²) in [6, 6.07) is 23.5. The van der Waals surface area contributed by atoms with Crippen LogP contribution in [0.1, 0.15) is 15.9 Å². The van der Waals surface area contributed by atoms with E-state index in [0.29, 0.717) is 20.8 Å². The predicted octanol–water partition coefficient (Wildman–Crippen LogP) is 3.68. The van der Waals surface area contributed by atoms with Crippen LogP contribution in [-0.4, -0.2) is 15.4 Å². The predicted molar refractivity (Wildman–Crippen MR) is 113 cm³/mol. The van der Waals surface area contributed by atoms with E-state index in [1.807, 2.05) is 48.5 Å². The largest absolute Gasteiger partial charge is 0.423 e. The standard InChI is InChI=1S/C23H14N2O3S/c26-21-20(29-23-24-18-8-4-5-9-19(18)25(21)23)14-15-10-12-17(13-11-15)28-22(27)16-6-2-1-3-7-16/h1-14H/b20-14+. The summed E-state index contributed by atoms with van der Waals surface area (Å²) < 4.78 is 7.63. The highest BCUT2D eigenvalue weighted by molar-refractivity contribution is 7.15. The molecule has 3 aromatic carbocycles. The first kappa shape index (κ1) is 17.3. The number of benzene rings is 3. The number of hydrogen-bond donors (Lipinski definition) is 0. The van der Waals surface area contributed by atoms with Crippen molar-refractivity contribution in [2.75, 3.05) is 0 Å². The first-order valence-electron chi connectivity index (χ1n) is 8.98. The van der Waals surface area contributed by atoms with E-state index in [9.17, 15) is 9.59 Å². The molecule has 0 unspecified atom stereocenters. The zero-order valence-corrected chi connectivity index (χ0v) is 15.9. The van der Waals surface area contributed by atoms with E-state index in [-0.39, 0.29) is 5.56 Å². The molecule has 6 heteroatoms. The summed E-state index contributed by atoms with van der Waals surface area (Å²) in [5, 5.41) is 0. The molecule has 5 aromatic rings. The quantitative estimate of drug-likeness (QED) is 0.344. The van der Waals surface area contributed by atoms with Crippen molar-refractivity contribution in [3.05, 3.63) is 105 Å². The molecule has 5 nitrogen and oxygen atoms in total. The van der Waals surface area contributed by atoms with E-state index in [1.165, 1.54) is 11.3 Å². The van der Waals surface area contributed by atoms with Gasteiger partial charge in [0.1, 0.15) is 5.75 Å². The lowest BCUT2D eigenvalue weighted by Crippen LogP contribution is -2.22. The fourth-order valence-electron chi connectivity index (χ4n) is 3.14. The first-order chi connectivity index (χ1) is 14.2. The maximum absolute atomic E-state index is 12.8. The van der Waals surface area contributed by atoms with E-state index in [2.05, 4.69) is 4.98 Å². The number of hydrogen-bond acceptors (Lipinski definition) is 5. The number of ether oxygens (including phenoxy) is 1. The zero-order valence-electron chi connectivity index (χ0n) is 15.1. The average Bonchev–Trinajstić information content (AvgIpc) is 3.26. The Labute approximate surface area is 169 Å². The van der Waals surface area contributed by atoms with Gasteiger partial charge in [-0.1, -0.05) is 53.8 Å². The van der Waals surface area contributed by atoms with Crippen molar-refractivity contribution in [2.45, 2.75) is 0 Å². The van der Waals surface area contributed by atoms with Crippen molar-refractivity contribution >= 4 is 39.4 Å². The minimum Gasteiger partial charge on any atom is -0.423 e. The highest BCUT2D eigenvalue weighted by atomic mass is 32.1. The number of nitrogens with zero attached hydrogens (tertiary/aromatic N) is 2. The van der Waals surface area contributed by atoms with Gasteiger partial charge in [0.15, 0.2) is 4.96 Å². The lowest BCUT2D eigenvalue weighted by molar-refractivity contribution is 0.0735. The second-order valence-corrected chi connectivity index (χ2v) is 7.47. The van der Waals surface area contributed by atoms with Crippen LogP contribution in [-0.2, 0) is 0 Å². The minimum absolute atomic E-state index is 0.0849. The SMILES string of the molecule is O=C(Oc1ccc(/C=c2/sc3nc4ccccc4n3c2=O)cc1)c1ccccc1. The number of thiazole rings is 1. The number of esters is 1. The van der Waals surface area contributed by atoms with Gasteiger partial charge in [0.25, 0.3) is 5.56 Å². The Kier molecular flexibility index (Phi) is 4.18. The van der Waals surface area contributed by atoms with Crippen molar-refractivity contribution in [3.8, 4) is 5.75 Å². The van der Waals surface area contributed by atoms with E-state index in [1.54, 1.807) is 40.8 Å². The molecule has 0 atom stereocenters. The summed E-state index contributed by atoms with van der Waals surface area (Å²) in [5.74, 6) is 0.0425. The number of imidazole rings is 1. The molecular weight excluding hydrogens is 384 g/mol. The molecule has 0 amide bonds. The summed E-state index contributed by atoms with van der Waals surface area (Å²) in [6.45, 7) is 0. The topological polar surface area (TPSA) is 60.7 Å². The molecule has 0 radical (unpaired) electrons. The number of rotatable bonds is 3. The van der Waals surface area contributed by atoms with Crippen LogP contribution in [0, 0.1) is 0 Å². The smallest absolute Gasteiger partial charge is 0.343 e. The molecule has 140 valence electrons. The molecule has 0 saturated heterocycles. The molecule has 0 bridgehead atoms. The van der Waals surface area contributed by atoms with Crippen LogP contribution in [0.25, 0.3) is 22.1 Å². The van der Waals surface area contributed by atoms with Crippen LogP contribution in [0.2, 0.25) is 0 Å². The van der Waals surface area contributed by atoms with Crippen LogP contribution >= 0.6 is 11.3 Å². The molecule has 29 heavy (non-hydrogen) atoms. The van der Waals surface area contributed by atoms with Crippen molar-refractivity contribution in [1.82, 2.24) is 9.38 Å². The van der Waals surface area contributed by atoms with Crippen molar-refractivity contribution in [3.63, 3.8) is 0 Å². The lowest BCUT2D eigenvalue weighted by atomic mass is 10.2. The van der Waals surface area contributed by atoms with Crippen LogP contribution < -0.4 is 14.8 Å². The summed E-state index contributed by atoms with van der Waals surface area (Å²) in [4.78, 5) is 30.1. The van der Waals surface area contributed by atoms with Gasteiger partial charge in [-0.3, -0.25) is 4.79 Å². The second kappa shape index (κ2) is 7.00. The molecule has 2 heterocycles. The van der Waals surface area contributed by atoms with Gasteiger partial charge in [-0.2, -0.15) is 0 Å². The highest BCUT2D eigenvalue weighted by Crippen LogP contribution is 2.17. The van der Waals surface area contributed by atoms with Crippen molar-refractivity contribution in [1.29, 1.82) is 0 Å². The Bertz CT molecular complexity index is 1450. The summed E-state index contributed by atoms with van der Waals surface area (Å²) in [6.07, 6.45) is 1.82. The van der Waals surface area contributed by atoms with E-state index < -0.39 is 5.97 Å². The third kappa shape index (κ3) is 3.19. The van der Waals surface area contributed by atoms with Gasteiger partial charge >= 0.3 is 5.97 Å². The Morgan fingerprint density at radius 2 is 1.66 bits per heavy atom. The zero-order chi connectivity index (χ0) is 19.8. The first-order valence-corrected chi connectivity index (χ1v) is 9.80. The van der Waals surface area contributed by atoms with Gasteiger partial charge in [0.05, 0.1) is 21.1 Å². The molecule has 0 aliphatic heterocycles. The second-order valence-electron chi connectivity index (χ2n) is 6.46. The van der Waals surface area contributed by atoms with E-state index in [0.717, 1.165) is 16.6 Å². The Balaban J connectivity index is 1.45. The maximum Gasteiger partial charge on any atom is 0.343 e. The average molecular weight is 398 g/mol. The molecule has 2 aromatic heterocycles. The van der Waals surface area contributed by atoms with Gasteiger partial charge in [-0.25, -0.2) is 14.2 Å². The van der Waals surface area contributed by atoms with Crippen LogP contribution in [0.5, 0.6) is 5.75 Å². The molecule has 0 aliphatic carbocycles. The fraction of sp³-hybridized carbons (Fsp3) is 0. The van der Waals surface area contributed by atoms with Crippen LogP contribution in [0.4, 0.5) is 0 Å². The Hall–Kier alpha value is -3.77. The highest BCUT2D eigenvalue weighted by Gasteiger charge is 2.11. The molecule has 5 rings (SSSR count). The summed E-state index contributed by atoms with van der Waals surface area (Å²) in [5.41, 5.74) is 2.88. The lowest BCUT2D eigenvalue weighted by Gasteiger charge is -2.04. The maximum atomic E-state index is 12.8. The Morgan fingerprint density at radius 3 is 2.45 bits per heavy atom. The number of fused-ring (bicyclic) bond motifs is 3. The Morgan fingerprint density at radius 1 is 0.931 bits per heavy atom. The van der Waals surface area contributed by atoms with E-state index in [4.69, 9.17) is 4.74 Å². The molecule has 0 N–H and O–H groups in total. The monoisotopic (exact) mass is 398 g/mol. The van der Waals surface area contributed by atoms with Gasteiger partial charge in [0, 0.05) is 0 Å².